The number of piperidine rings is 1. The van der Waals surface area contributed by atoms with Gasteiger partial charge in [0.25, 0.3) is 0 Å². The lowest BCUT2D eigenvalue weighted by Gasteiger charge is -2.35. The summed E-state index contributed by atoms with van der Waals surface area (Å²) in [5.41, 5.74) is 6.01. The van der Waals surface area contributed by atoms with Crippen molar-refractivity contribution in [2.75, 3.05) is 18.0 Å². The van der Waals surface area contributed by atoms with E-state index in [4.69, 9.17) is 17.3 Å². The van der Waals surface area contributed by atoms with Crippen molar-refractivity contribution < 1.29 is 0 Å². The van der Waals surface area contributed by atoms with Gasteiger partial charge in [0.15, 0.2) is 0 Å². The molecule has 2 unspecified atom stereocenters. The Bertz CT molecular complexity index is 375. The number of halogens is 2. The fourth-order valence-corrected chi connectivity index (χ4v) is 2.96. The Balaban J connectivity index is 2.23. The molecule has 16 heavy (non-hydrogen) atoms. The van der Waals surface area contributed by atoms with Crippen LogP contribution in [0.1, 0.15) is 13.3 Å². The van der Waals surface area contributed by atoms with Gasteiger partial charge in [-0.1, -0.05) is 18.5 Å². The Morgan fingerprint density at radius 1 is 1.56 bits per heavy atom. The summed E-state index contributed by atoms with van der Waals surface area (Å²) in [4.78, 5) is 6.54. The van der Waals surface area contributed by atoms with Crippen LogP contribution in [0.4, 0.5) is 5.82 Å². The lowest BCUT2D eigenvalue weighted by Crippen LogP contribution is -2.46. The van der Waals surface area contributed by atoms with Crippen LogP contribution in [-0.2, 0) is 0 Å². The zero-order chi connectivity index (χ0) is 11.7. The van der Waals surface area contributed by atoms with Crippen LogP contribution in [0.25, 0.3) is 0 Å². The molecule has 2 N–H and O–H groups in total. The van der Waals surface area contributed by atoms with Gasteiger partial charge >= 0.3 is 0 Å². The van der Waals surface area contributed by atoms with Crippen LogP contribution in [-0.4, -0.2) is 24.1 Å². The Labute approximate surface area is 109 Å². The minimum Gasteiger partial charge on any atom is -0.354 e. The lowest BCUT2D eigenvalue weighted by molar-refractivity contribution is 0.400. The molecule has 0 aliphatic carbocycles. The summed E-state index contributed by atoms with van der Waals surface area (Å²) >= 11 is 9.54. The fourth-order valence-electron chi connectivity index (χ4n) is 2.21. The van der Waals surface area contributed by atoms with Crippen molar-refractivity contribution in [3.8, 4) is 0 Å². The first-order valence-electron chi connectivity index (χ1n) is 5.38. The molecule has 0 spiro atoms. The topological polar surface area (TPSA) is 42.1 Å². The van der Waals surface area contributed by atoms with Crippen LogP contribution in [0, 0.1) is 5.92 Å². The maximum absolute atomic E-state index is 6.18. The monoisotopic (exact) mass is 303 g/mol. The third kappa shape index (κ3) is 2.67. The summed E-state index contributed by atoms with van der Waals surface area (Å²) in [6, 6.07) is 2.08. The van der Waals surface area contributed by atoms with Gasteiger partial charge in [-0.3, -0.25) is 0 Å². The number of anilines is 1. The second kappa shape index (κ2) is 4.90. The number of nitrogens with zero attached hydrogens (tertiary/aromatic N) is 2. The molecule has 0 amide bonds. The molecule has 0 aromatic carbocycles. The van der Waals surface area contributed by atoms with Crippen molar-refractivity contribution in [1.29, 1.82) is 0 Å². The molecule has 1 fully saturated rings. The minimum atomic E-state index is 0.213. The van der Waals surface area contributed by atoms with Crippen LogP contribution in [0.15, 0.2) is 16.7 Å². The molecule has 2 heterocycles. The normalized spacial score (nSPS) is 25.9. The van der Waals surface area contributed by atoms with Gasteiger partial charge in [-0.2, -0.15) is 0 Å². The zero-order valence-electron chi connectivity index (χ0n) is 9.16. The van der Waals surface area contributed by atoms with Crippen molar-refractivity contribution in [3.63, 3.8) is 0 Å². The minimum absolute atomic E-state index is 0.213. The third-order valence-corrected chi connectivity index (χ3v) is 3.49. The van der Waals surface area contributed by atoms with E-state index in [2.05, 4.69) is 32.7 Å². The SMILES string of the molecule is CC1CC(N)CN(c2ncc(Br)cc2Cl)C1. The van der Waals surface area contributed by atoms with Crippen molar-refractivity contribution >= 4 is 33.3 Å². The fraction of sp³-hybridized carbons (Fsp3) is 0.545. The van der Waals surface area contributed by atoms with Gasteiger partial charge in [0.1, 0.15) is 5.82 Å². The second-order valence-corrected chi connectivity index (χ2v) is 5.79. The van der Waals surface area contributed by atoms with Crippen LogP contribution in [0.2, 0.25) is 5.02 Å². The molecule has 1 aliphatic rings. The summed E-state index contributed by atoms with van der Waals surface area (Å²) in [5.74, 6) is 1.43. The van der Waals surface area contributed by atoms with Gasteiger partial charge in [-0.15, -0.1) is 0 Å². The van der Waals surface area contributed by atoms with E-state index >= 15 is 0 Å². The van der Waals surface area contributed by atoms with E-state index in [1.807, 2.05) is 6.07 Å². The van der Waals surface area contributed by atoms with E-state index in [1.165, 1.54) is 0 Å². The number of hydrogen-bond donors (Lipinski definition) is 1. The Kier molecular flexibility index (Phi) is 3.72. The highest BCUT2D eigenvalue weighted by Crippen LogP contribution is 2.29. The number of nitrogens with two attached hydrogens (primary N) is 1. The van der Waals surface area contributed by atoms with Gasteiger partial charge < -0.3 is 10.6 Å². The van der Waals surface area contributed by atoms with Crippen molar-refractivity contribution in [2.24, 2.45) is 11.7 Å². The first-order chi connectivity index (χ1) is 7.56. The van der Waals surface area contributed by atoms with E-state index in [-0.39, 0.29) is 6.04 Å². The zero-order valence-corrected chi connectivity index (χ0v) is 11.5. The molecule has 88 valence electrons. The van der Waals surface area contributed by atoms with Gasteiger partial charge in [-0.05, 0) is 34.3 Å². The van der Waals surface area contributed by atoms with Crippen molar-refractivity contribution in [1.82, 2.24) is 4.98 Å². The first kappa shape index (κ1) is 12.1. The summed E-state index contributed by atoms with van der Waals surface area (Å²) < 4.78 is 0.899. The molecule has 1 aliphatic heterocycles. The predicted octanol–water partition coefficient (Wildman–Crippen LogP) is 2.67. The smallest absolute Gasteiger partial charge is 0.147 e. The van der Waals surface area contributed by atoms with Gasteiger partial charge in [-0.25, -0.2) is 4.98 Å². The largest absolute Gasteiger partial charge is 0.354 e. The Morgan fingerprint density at radius 3 is 2.94 bits per heavy atom. The molecule has 1 saturated heterocycles. The van der Waals surface area contributed by atoms with Gasteiger partial charge in [0.05, 0.1) is 5.02 Å². The average Bonchev–Trinajstić information content (AvgIpc) is 2.15. The maximum Gasteiger partial charge on any atom is 0.147 e. The highest BCUT2D eigenvalue weighted by Gasteiger charge is 2.24. The number of rotatable bonds is 1. The molecular weight excluding hydrogens is 289 g/mol. The Hall–Kier alpha value is -0.320. The summed E-state index contributed by atoms with van der Waals surface area (Å²) in [7, 11) is 0. The van der Waals surface area contributed by atoms with E-state index in [0.29, 0.717) is 10.9 Å². The van der Waals surface area contributed by atoms with E-state index in [0.717, 1.165) is 29.8 Å². The number of pyridine rings is 1. The Morgan fingerprint density at radius 2 is 2.31 bits per heavy atom. The maximum atomic E-state index is 6.18. The highest BCUT2D eigenvalue weighted by atomic mass is 79.9. The van der Waals surface area contributed by atoms with Crippen LogP contribution >= 0.6 is 27.5 Å². The van der Waals surface area contributed by atoms with Crippen molar-refractivity contribution in [3.05, 3.63) is 21.8 Å². The summed E-state index contributed by atoms with van der Waals surface area (Å²) in [6.45, 7) is 4.01. The number of aromatic nitrogens is 1. The van der Waals surface area contributed by atoms with E-state index in [1.54, 1.807) is 6.20 Å². The molecule has 0 bridgehead atoms. The first-order valence-corrected chi connectivity index (χ1v) is 6.55. The molecule has 2 atom stereocenters. The van der Waals surface area contributed by atoms with Gasteiger partial charge in [0.2, 0.25) is 0 Å². The average molecular weight is 305 g/mol. The van der Waals surface area contributed by atoms with Gasteiger partial charge in [0, 0.05) is 29.8 Å². The molecule has 1 aromatic rings. The quantitative estimate of drug-likeness (QED) is 0.867. The molecule has 1 aromatic heterocycles. The van der Waals surface area contributed by atoms with E-state index in [9.17, 15) is 0 Å². The molecule has 3 nitrogen and oxygen atoms in total. The second-order valence-electron chi connectivity index (χ2n) is 4.46. The van der Waals surface area contributed by atoms with E-state index < -0.39 is 0 Å². The summed E-state index contributed by atoms with van der Waals surface area (Å²) in [6.07, 6.45) is 2.84. The molecule has 5 heteroatoms. The molecule has 0 saturated carbocycles. The lowest BCUT2D eigenvalue weighted by atomic mass is 9.97. The molecule has 2 rings (SSSR count). The molecule has 0 radical (unpaired) electrons. The highest BCUT2D eigenvalue weighted by molar-refractivity contribution is 9.10. The van der Waals surface area contributed by atoms with Crippen LogP contribution in [0.5, 0.6) is 0 Å². The van der Waals surface area contributed by atoms with Crippen LogP contribution in [0.3, 0.4) is 0 Å². The van der Waals surface area contributed by atoms with Crippen LogP contribution < -0.4 is 10.6 Å². The third-order valence-electron chi connectivity index (χ3n) is 2.78. The standard InChI is InChI=1S/C11H15BrClN3/c1-7-2-9(14)6-16(5-7)11-10(13)3-8(12)4-15-11/h3-4,7,9H,2,5-6,14H2,1H3. The predicted molar refractivity (Wildman–Crippen MR) is 70.9 cm³/mol. The van der Waals surface area contributed by atoms with Crippen molar-refractivity contribution in [2.45, 2.75) is 19.4 Å². The molecular formula is C11H15BrClN3. The number of hydrogen-bond acceptors (Lipinski definition) is 3. The summed E-state index contributed by atoms with van der Waals surface area (Å²) in [5, 5.41) is 0.677.